The van der Waals surface area contributed by atoms with Crippen molar-refractivity contribution in [1.29, 1.82) is 0 Å². The molecule has 1 heterocycles. The van der Waals surface area contributed by atoms with Crippen molar-refractivity contribution in [2.45, 2.75) is 25.9 Å². The lowest BCUT2D eigenvalue weighted by Gasteiger charge is -2.37. The van der Waals surface area contributed by atoms with Crippen LogP contribution in [0.2, 0.25) is 0 Å². The third kappa shape index (κ3) is 2.58. The number of hydrogen-bond acceptors (Lipinski definition) is 3. The van der Waals surface area contributed by atoms with E-state index in [-0.39, 0.29) is 11.9 Å². The van der Waals surface area contributed by atoms with Crippen molar-refractivity contribution >= 4 is 17.4 Å². The number of halogens is 1. The van der Waals surface area contributed by atoms with E-state index in [1.165, 1.54) is 6.07 Å². The first kappa shape index (κ1) is 12.7. The van der Waals surface area contributed by atoms with Gasteiger partial charge in [0.15, 0.2) is 0 Å². The Balaban J connectivity index is 2.41. The van der Waals surface area contributed by atoms with Gasteiger partial charge in [0, 0.05) is 30.1 Å². The van der Waals surface area contributed by atoms with Crippen molar-refractivity contribution in [1.82, 2.24) is 0 Å². The molecule has 2 rings (SSSR count). The maximum atomic E-state index is 14.1. The van der Waals surface area contributed by atoms with Gasteiger partial charge in [-0.3, -0.25) is 0 Å². The Morgan fingerprint density at radius 1 is 1.53 bits per heavy atom. The summed E-state index contributed by atoms with van der Waals surface area (Å²) >= 11 is 1.93. The molecule has 0 aliphatic carbocycles. The molecule has 1 aliphatic rings. The van der Waals surface area contributed by atoms with Gasteiger partial charge in [-0.15, -0.1) is 0 Å². The van der Waals surface area contributed by atoms with Gasteiger partial charge in [0.2, 0.25) is 0 Å². The van der Waals surface area contributed by atoms with Gasteiger partial charge in [-0.1, -0.05) is 12.1 Å². The summed E-state index contributed by atoms with van der Waals surface area (Å²) in [5, 5.41) is 0. The van der Waals surface area contributed by atoms with Crippen LogP contribution in [0.1, 0.15) is 25.5 Å². The van der Waals surface area contributed by atoms with Gasteiger partial charge in [0.1, 0.15) is 5.82 Å². The maximum absolute atomic E-state index is 14.1. The second-order valence-electron chi connectivity index (χ2n) is 4.58. The minimum Gasteiger partial charge on any atom is -0.365 e. The van der Waals surface area contributed by atoms with E-state index in [1.807, 2.05) is 24.8 Å². The predicted molar refractivity (Wildman–Crippen MR) is 73.1 cm³/mol. The summed E-state index contributed by atoms with van der Waals surface area (Å²) in [6.07, 6.45) is 0. The van der Waals surface area contributed by atoms with Crippen LogP contribution in [0.15, 0.2) is 18.2 Å². The van der Waals surface area contributed by atoms with E-state index in [0.29, 0.717) is 11.7 Å². The highest BCUT2D eigenvalue weighted by molar-refractivity contribution is 7.99. The Hall–Kier alpha value is -0.740. The summed E-state index contributed by atoms with van der Waals surface area (Å²) in [6, 6.07) is 5.42. The fraction of sp³-hybridized carbons (Fsp3) is 0.538. The number of rotatable bonds is 2. The molecule has 17 heavy (non-hydrogen) atoms. The van der Waals surface area contributed by atoms with Crippen LogP contribution in [0.4, 0.5) is 10.1 Å². The number of nitrogens with zero attached hydrogens (tertiary/aromatic N) is 1. The van der Waals surface area contributed by atoms with Crippen LogP contribution < -0.4 is 10.6 Å². The number of para-hydroxylation sites is 1. The van der Waals surface area contributed by atoms with Gasteiger partial charge in [0.25, 0.3) is 0 Å². The van der Waals surface area contributed by atoms with Crippen molar-refractivity contribution in [2.24, 2.45) is 5.73 Å². The smallest absolute Gasteiger partial charge is 0.146 e. The van der Waals surface area contributed by atoms with Crippen molar-refractivity contribution in [2.75, 3.05) is 23.0 Å². The molecule has 0 radical (unpaired) electrons. The second-order valence-corrected chi connectivity index (χ2v) is 5.73. The van der Waals surface area contributed by atoms with Crippen molar-refractivity contribution in [3.63, 3.8) is 0 Å². The molecule has 0 amide bonds. The summed E-state index contributed by atoms with van der Waals surface area (Å²) in [4.78, 5) is 2.16. The highest BCUT2D eigenvalue weighted by atomic mass is 32.2. The Labute approximate surface area is 106 Å². The van der Waals surface area contributed by atoms with E-state index in [2.05, 4.69) is 11.8 Å². The zero-order valence-electron chi connectivity index (χ0n) is 10.3. The third-order valence-corrected chi connectivity index (χ3v) is 4.35. The molecule has 0 aromatic heterocycles. The molecule has 1 aromatic rings. The Bertz CT molecular complexity index is 395. The summed E-state index contributed by atoms with van der Waals surface area (Å²) in [5.74, 6) is 1.95. The van der Waals surface area contributed by atoms with Crippen LogP contribution in [-0.2, 0) is 0 Å². The lowest BCUT2D eigenvalue weighted by molar-refractivity contribution is 0.596. The minimum atomic E-state index is -0.154. The first-order valence-electron chi connectivity index (χ1n) is 5.99. The monoisotopic (exact) mass is 254 g/mol. The second kappa shape index (κ2) is 5.27. The van der Waals surface area contributed by atoms with E-state index in [0.717, 1.165) is 23.6 Å². The maximum Gasteiger partial charge on any atom is 0.146 e. The number of nitrogens with two attached hydrogens (primary N) is 1. The quantitative estimate of drug-likeness (QED) is 0.880. The molecule has 0 spiro atoms. The normalized spacial score (nSPS) is 22.6. The Morgan fingerprint density at radius 3 is 2.94 bits per heavy atom. The zero-order chi connectivity index (χ0) is 12.4. The van der Waals surface area contributed by atoms with Gasteiger partial charge >= 0.3 is 0 Å². The molecule has 0 bridgehead atoms. The van der Waals surface area contributed by atoms with Gasteiger partial charge in [-0.25, -0.2) is 4.39 Å². The summed E-state index contributed by atoms with van der Waals surface area (Å²) < 4.78 is 14.1. The Morgan fingerprint density at radius 2 is 2.29 bits per heavy atom. The fourth-order valence-electron chi connectivity index (χ4n) is 2.26. The average Bonchev–Trinajstić information content (AvgIpc) is 2.30. The lowest BCUT2D eigenvalue weighted by Crippen LogP contribution is -2.41. The van der Waals surface area contributed by atoms with Crippen molar-refractivity contribution < 1.29 is 4.39 Å². The number of benzene rings is 1. The largest absolute Gasteiger partial charge is 0.365 e. The highest BCUT2D eigenvalue weighted by Gasteiger charge is 2.24. The topological polar surface area (TPSA) is 29.3 Å². The molecule has 1 fully saturated rings. The van der Waals surface area contributed by atoms with E-state index < -0.39 is 0 Å². The minimum absolute atomic E-state index is 0.137. The number of anilines is 1. The molecule has 0 saturated carbocycles. The van der Waals surface area contributed by atoms with E-state index in [4.69, 9.17) is 5.73 Å². The molecule has 1 aromatic carbocycles. The Kier molecular flexibility index (Phi) is 3.94. The number of thioether (sulfide) groups is 1. The standard InChI is InChI=1S/C13H19FN2S/c1-9-8-17-7-6-16(9)13-11(10(2)15)4-3-5-12(13)14/h3-5,9-10H,6-8,15H2,1-2H3. The lowest BCUT2D eigenvalue weighted by atomic mass is 10.0. The van der Waals surface area contributed by atoms with Crippen molar-refractivity contribution in [3.05, 3.63) is 29.6 Å². The molecule has 1 saturated heterocycles. The molecule has 2 unspecified atom stereocenters. The van der Waals surface area contributed by atoms with Gasteiger partial charge in [0.05, 0.1) is 5.69 Å². The molecular formula is C13H19FN2S. The predicted octanol–water partition coefficient (Wildman–Crippen LogP) is 2.79. The SMILES string of the molecule is CC(N)c1cccc(F)c1N1CCSCC1C. The summed E-state index contributed by atoms with van der Waals surface area (Å²) in [7, 11) is 0. The van der Waals surface area contributed by atoms with E-state index in [9.17, 15) is 4.39 Å². The third-order valence-electron chi connectivity index (χ3n) is 3.16. The first-order chi connectivity index (χ1) is 8.11. The van der Waals surface area contributed by atoms with Crippen LogP contribution in [0, 0.1) is 5.82 Å². The summed E-state index contributed by atoms with van der Waals surface area (Å²) in [5.41, 5.74) is 7.55. The van der Waals surface area contributed by atoms with E-state index in [1.54, 1.807) is 6.07 Å². The molecule has 1 aliphatic heterocycles. The van der Waals surface area contributed by atoms with E-state index >= 15 is 0 Å². The van der Waals surface area contributed by atoms with Gasteiger partial charge < -0.3 is 10.6 Å². The average molecular weight is 254 g/mol. The van der Waals surface area contributed by atoms with Crippen LogP contribution in [0.25, 0.3) is 0 Å². The molecule has 2 N–H and O–H groups in total. The molecule has 4 heteroatoms. The van der Waals surface area contributed by atoms with Crippen LogP contribution in [0.5, 0.6) is 0 Å². The fourth-order valence-corrected chi connectivity index (χ4v) is 3.28. The van der Waals surface area contributed by atoms with Crippen LogP contribution in [0.3, 0.4) is 0 Å². The van der Waals surface area contributed by atoms with Crippen LogP contribution in [-0.4, -0.2) is 24.1 Å². The van der Waals surface area contributed by atoms with Gasteiger partial charge in [-0.2, -0.15) is 11.8 Å². The molecule has 2 atom stereocenters. The zero-order valence-corrected chi connectivity index (χ0v) is 11.1. The molecular weight excluding hydrogens is 235 g/mol. The van der Waals surface area contributed by atoms with Crippen LogP contribution >= 0.6 is 11.8 Å². The summed E-state index contributed by atoms with van der Waals surface area (Å²) in [6.45, 7) is 4.94. The highest BCUT2D eigenvalue weighted by Crippen LogP contribution is 2.32. The molecule has 94 valence electrons. The van der Waals surface area contributed by atoms with Gasteiger partial charge in [-0.05, 0) is 25.5 Å². The first-order valence-corrected chi connectivity index (χ1v) is 7.15. The number of hydrogen-bond donors (Lipinski definition) is 1. The van der Waals surface area contributed by atoms with Crippen molar-refractivity contribution in [3.8, 4) is 0 Å². The molecule has 2 nitrogen and oxygen atoms in total.